The number of aromatic nitrogens is 1. The van der Waals surface area contributed by atoms with Gasteiger partial charge in [-0.15, -0.1) is 0 Å². The Balaban J connectivity index is 2.09. The fourth-order valence-electron chi connectivity index (χ4n) is 2.84. The number of amides is 1. The van der Waals surface area contributed by atoms with Crippen LogP contribution in [0.2, 0.25) is 0 Å². The molecule has 0 aliphatic carbocycles. The Hall–Kier alpha value is -2.93. The van der Waals surface area contributed by atoms with Gasteiger partial charge >= 0.3 is 5.97 Å². The number of rotatable bonds is 4. The Morgan fingerprint density at radius 2 is 1.74 bits per heavy atom. The van der Waals surface area contributed by atoms with Crippen molar-refractivity contribution in [3.63, 3.8) is 0 Å². The third kappa shape index (κ3) is 3.50. The van der Waals surface area contributed by atoms with Crippen LogP contribution in [0.4, 0.5) is 0 Å². The number of esters is 1. The van der Waals surface area contributed by atoms with Crippen molar-refractivity contribution in [1.29, 1.82) is 0 Å². The van der Waals surface area contributed by atoms with Crippen LogP contribution in [0.25, 0.3) is 10.2 Å². The molecule has 3 aromatic rings. The number of hydrogen-bond donors (Lipinski definition) is 0. The molecule has 0 atom stereocenters. The molecule has 7 heteroatoms. The Bertz CT molecular complexity index is 1080. The molecule has 0 radical (unpaired) electrons. The summed E-state index contributed by atoms with van der Waals surface area (Å²) in [6.45, 7) is 4.69. The minimum atomic E-state index is -0.443. The van der Waals surface area contributed by atoms with Crippen LogP contribution in [0.5, 0.6) is 5.75 Å². The van der Waals surface area contributed by atoms with Gasteiger partial charge in [0.05, 0.1) is 24.5 Å². The number of hydrogen-bond acceptors (Lipinski definition) is 5. The van der Waals surface area contributed by atoms with Gasteiger partial charge in [-0.3, -0.25) is 4.79 Å². The topological polar surface area (TPSA) is 69.9 Å². The number of methoxy groups -OCH3 is 2. The van der Waals surface area contributed by atoms with Gasteiger partial charge in [0.15, 0.2) is 4.80 Å². The van der Waals surface area contributed by atoms with Crippen molar-refractivity contribution in [2.75, 3.05) is 14.2 Å². The van der Waals surface area contributed by atoms with E-state index in [0.717, 1.165) is 21.5 Å². The lowest BCUT2D eigenvalue weighted by atomic mass is 10.1. The number of carbonyl (C=O) groups excluding carboxylic acids is 2. The predicted octanol–water partition coefficient (Wildman–Crippen LogP) is 3.57. The Morgan fingerprint density at radius 1 is 1.07 bits per heavy atom. The monoisotopic (exact) mass is 384 g/mol. The third-order valence-electron chi connectivity index (χ3n) is 4.27. The van der Waals surface area contributed by atoms with Gasteiger partial charge in [-0.05, 0) is 49.7 Å². The summed E-state index contributed by atoms with van der Waals surface area (Å²) >= 11 is 1.46. The maximum atomic E-state index is 12.6. The lowest BCUT2D eigenvalue weighted by molar-refractivity contribution is 0.0600. The Labute approximate surface area is 160 Å². The highest BCUT2D eigenvalue weighted by Gasteiger charge is 2.14. The van der Waals surface area contributed by atoms with Gasteiger partial charge < -0.3 is 14.0 Å². The van der Waals surface area contributed by atoms with E-state index in [4.69, 9.17) is 4.74 Å². The van der Waals surface area contributed by atoms with E-state index in [2.05, 4.69) is 9.73 Å². The van der Waals surface area contributed by atoms with E-state index in [1.165, 1.54) is 18.4 Å². The summed E-state index contributed by atoms with van der Waals surface area (Å²) in [5.41, 5.74) is 2.85. The number of ether oxygens (including phenoxy) is 2. The zero-order valence-corrected chi connectivity index (χ0v) is 16.4. The number of thiazole rings is 1. The van der Waals surface area contributed by atoms with Crippen molar-refractivity contribution in [2.24, 2.45) is 4.99 Å². The highest BCUT2D eigenvalue weighted by atomic mass is 32.1. The number of fused-ring (bicyclic) bond motifs is 1. The van der Waals surface area contributed by atoms with E-state index in [0.29, 0.717) is 22.5 Å². The largest absolute Gasteiger partial charge is 0.495 e. The maximum absolute atomic E-state index is 12.6. The average Bonchev–Trinajstić information content (AvgIpc) is 3.06. The molecule has 0 unspecified atom stereocenters. The summed E-state index contributed by atoms with van der Waals surface area (Å²) in [5, 5.41) is 0. The number of carbonyl (C=O) groups is 2. The predicted molar refractivity (Wildman–Crippen MR) is 104 cm³/mol. The van der Waals surface area contributed by atoms with E-state index in [-0.39, 0.29) is 5.91 Å². The molecule has 0 N–H and O–H groups in total. The summed E-state index contributed by atoms with van der Waals surface area (Å²) in [7, 11) is 2.95. The molecule has 1 amide bonds. The molecule has 0 spiro atoms. The number of aryl methyl sites for hydroxylation is 2. The van der Waals surface area contributed by atoms with Gasteiger partial charge in [0.2, 0.25) is 0 Å². The summed E-state index contributed by atoms with van der Waals surface area (Å²) in [5.74, 6) is -0.0522. The standard InChI is InChI=1S/C20H20N2O4S/c1-5-22-16-15(25-3)11-6-12(2)17(16)27-20(22)21-18(23)13-7-9-14(10-8-13)19(24)26-4/h6-11H,5H2,1-4H3. The minimum Gasteiger partial charge on any atom is -0.495 e. The molecule has 0 saturated heterocycles. The van der Waals surface area contributed by atoms with Crippen molar-refractivity contribution < 1.29 is 19.1 Å². The molecular formula is C20H20N2O4S. The highest BCUT2D eigenvalue weighted by molar-refractivity contribution is 7.16. The van der Waals surface area contributed by atoms with Gasteiger partial charge in [0.25, 0.3) is 5.91 Å². The van der Waals surface area contributed by atoms with E-state index < -0.39 is 5.97 Å². The molecule has 0 fully saturated rings. The molecule has 1 heterocycles. The van der Waals surface area contributed by atoms with Gasteiger partial charge in [-0.2, -0.15) is 4.99 Å². The summed E-state index contributed by atoms with van der Waals surface area (Å²) in [6.07, 6.45) is 0. The second-order valence-electron chi connectivity index (χ2n) is 5.88. The Morgan fingerprint density at radius 3 is 2.33 bits per heavy atom. The van der Waals surface area contributed by atoms with E-state index in [1.807, 2.05) is 30.5 Å². The van der Waals surface area contributed by atoms with Crippen LogP contribution >= 0.6 is 11.3 Å². The van der Waals surface area contributed by atoms with Gasteiger partial charge in [-0.1, -0.05) is 17.4 Å². The zero-order valence-electron chi connectivity index (χ0n) is 15.6. The second-order valence-corrected chi connectivity index (χ2v) is 6.85. The normalized spacial score (nSPS) is 11.6. The average molecular weight is 384 g/mol. The molecule has 6 nitrogen and oxygen atoms in total. The summed E-state index contributed by atoms with van der Waals surface area (Å²) < 4.78 is 13.2. The zero-order chi connectivity index (χ0) is 19.6. The second kappa shape index (κ2) is 7.75. The van der Waals surface area contributed by atoms with Crippen molar-refractivity contribution in [1.82, 2.24) is 4.57 Å². The number of benzene rings is 2. The molecule has 3 rings (SSSR count). The van der Waals surface area contributed by atoms with Gasteiger partial charge in [-0.25, -0.2) is 4.79 Å². The first-order valence-electron chi connectivity index (χ1n) is 8.44. The van der Waals surface area contributed by atoms with E-state index >= 15 is 0 Å². The molecule has 0 aliphatic heterocycles. The van der Waals surface area contributed by atoms with Crippen LogP contribution in [0.3, 0.4) is 0 Å². The maximum Gasteiger partial charge on any atom is 0.337 e. The molecule has 0 bridgehead atoms. The van der Waals surface area contributed by atoms with Crippen molar-refractivity contribution >= 4 is 33.4 Å². The minimum absolute atomic E-state index is 0.364. The van der Waals surface area contributed by atoms with Gasteiger partial charge in [0, 0.05) is 12.1 Å². The third-order valence-corrected chi connectivity index (χ3v) is 5.49. The smallest absolute Gasteiger partial charge is 0.337 e. The molecule has 140 valence electrons. The summed E-state index contributed by atoms with van der Waals surface area (Å²) in [4.78, 5) is 29.1. The van der Waals surface area contributed by atoms with E-state index in [1.54, 1.807) is 31.4 Å². The first kappa shape index (κ1) is 18.8. The lowest BCUT2D eigenvalue weighted by Gasteiger charge is -2.07. The van der Waals surface area contributed by atoms with Crippen molar-refractivity contribution in [3.05, 3.63) is 57.9 Å². The quantitative estimate of drug-likeness (QED) is 0.645. The molecule has 0 saturated carbocycles. The molecule has 1 aromatic heterocycles. The first-order chi connectivity index (χ1) is 13.0. The van der Waals surface area contributed by atoms with Crippen molar-refractivity contribution in [3.8, 4) is 5.75 Å². The van der Waals surface area contributed by atoms with Crippen LogP contribution in [0, 0.1) is 6.92 Å². The van der Waals surface area contributed by atoms with Crippen LogP contribution in [-0.4, -0.2) is 30.7 Å². The van der Waals surface area contributed by atoms with Crippen LogP contribution in [0.1, 0.15) is 33.2 Å². The Kier molecular flexibility index (Phi) is 5.41. The molecule has 0 aliphatic rings. The highest BCUT2D eigenvalue weighted by Crippen LogP contribution is 2.30. The van der Waals surface area contributed by atoms with Crippen LogP contribution in [0.15, 0.2) is 41.4 Å². The lowest BCUT2D eigenvalue weighted by Crippen LogP contribution is -2.16. The fourth-order valence-corrected chi connectivity index (χ4v) is 4.02. The molecular weight excluding hydrogens is 364 g/mol. The fraction of sp³-hybridized carbons (Fsp3) is 0.250. The van der Waals surface area contributed by atoms with Crippen LogP contribution < -0.4 is 9.54 Å². The van der Waals surface area contributed by atoms with Crippen LogP contribution in [-0.2, 0) is 11.3 Å². The molecule has 27 heavy (non-hydrogen) atoms. The number of nitrogens with zero attached hydrogens (tertiary/aromatic N) is 2. The van der Waals surface area contributed by atoms with Gasteiger partial charge in [0.1, 0.15) is 11.3 Å². The SMILES string of the molecule is CCn1c(=NC(=O)c2ccc(C(=O)OC)cc2)sc2c(C)ccc(OC)c21. The molecule has 2 aromatic carbocycles. The first-order valence-corrected chi connectivity index (χ1v) is 9.26. The van der Waals surface area contributed by atoms with E-state index in [9.17, 15) is 9.59 Å². The summed E-state index contributed by atoms with van der Waals surface area (Å²) in [6, 6.07) is 10.2. The van der Waals surface area contributed by atoms with Crippen molar-refractivity contribution in [2.45, 2.75) is 20.4 Å².